The quantitative estimate of drug-likeness (QED) is 0.759. The lowest BCUT2D eigenvalue weighted by molar-refractivity contribution is 0.0698. The van der Waals surface area contributed by atoms with E-state index >= 15 is 0 Å². The van der Waals surface area contributed by atoms with Gasteiger partial charge in [-0.1, -0.05) is 50.6 Å². The van der Waals surface area contributed by atoms with E-state index in [0.717, 1.165) is 5.56 Å². The Hall–Kier alpha value is -1.89. The Balaban J connectivity index is 1.69. The Labute approximate surface area is 172 Å². The molecule has 0 N–H and O–H groups in total. The van der Waals surface area contributed by atoms with E-state index in [1.165, 1.54) is 4.31 Å². The summed E-state index contributed by atoms with van der Waals surface area (Å²) < 4.78 is 27.3. The highest BCUT2D eigenvalue weighted by atomic mass is 35.5. The first-order valence-electron chi connectivity index (χ1n) is 9.24. The lowest BCUT2D eigenvalue weighted by Gasteiger charge is -2.34. The monoisotopic (exact) mass is 420 g/mol. The van der Waals surface area contributed by atoms with Gasteiger partial charge in [-0.25, -0.2) is 8.42 Å². The van der Waals surface area contributed by atoms with Gasteiger partial charge in [-0.3, -0.25) is 4.79 Å². The molecular formula is C21H25ClN2O3S. The van der Waals surface area contributed by atoms with Gasteiger partial charge in [0, 0.05) is 36.8 Å². The summed E-state index contributed by atoms with van der Waals surface area (Å²) in [5.74, 6) is -0.130. The van der Waals surface area contributed by atoms with E-state index in [0.29, 0.717) is 23.7 Å². The second kappa shape index (κ2) is 7.85. The van der Waals surface area contributed by atoms with Crippen LogP contribution in [0, 0.1) is 0 Å². The highest BCUT2D eigenvalue weighted by Crippen LogP contribution is 2.25. The van der Waals surface area contributed by atoms with Crippen molar-refractivity contribution in [1.82, 2.24) is 9.21 Å². The highest BCUT2D eigenvalue weighted by Gasteiger charge is 2.30. The third-order valence-electron chi connectivity index (χ3n) is 4.96. The molecule has 0 bridgehead atoms. The summed E-state index contributed by atoms with van der Waals surface area (Å²) >= 11 is 5.96. The molecule has 0 unspecified atom stereocenters. The van der Waals surface area contributed by atoms with Gasteiger partial charge < -0.3 is 4.90 Å². The molecule has 0 atom stereocenters. The number of carbonyl (C=O) groups is 1. The number of amides is 1. The van der Waals surface area contributed by atoms with E-state index in [9.17, 15) is 13.2 Å². The van der Waals surface area contributed by atoms with Gasteiger partial charge in [0.15, 0.2) is 0 Å². The van der Waals surface area contributed by atoms with Crippen LogP contribution in [0.2, 0.25) is 5.02 Å². The summed E-state index contributed by atoms with van der Waals surface area (Å²) in [5.41, 5.74) is 1.57. The maximum atomic E-state index is 12.9. The van der Waals surface area contributed by atoms with E-state index in [1.54, 1.807) is 41.3 Å². The third kappa shape index (κ3) is 4.40. The van der Waals surface area contributed by atoms with Gasteiger partial charge in [-0.05, 0) is 41.3 Å². The summed E-state index contributed by atoms with van der Waals surface area (Å²) in [6.07, 6.45) is 0. The second-order valence-corrected chi connectivity index (χ2v) is 10.4. The molecule has 1 fully saturated rings. The Morgan fingerprint density at radius 1 is 0.964 bits per heavy atom. The normalized spacial score (nSPS) is 16.2. The zero-order chi connectivity index (χ0) is 20.5. The fourth-order valence-corrected chi connectivity index (χ4v) is 4.82. The molecule has 0 aromatic heterocycles. The van der Waals surface area contributed by atoms with Crippen molar-refractivity contribution in [3.8, 4) is 0 Å². The minimum atomic E-state index is -3.57. The van der Waals surface area contributed by atoms with Crippen molar-refractivity contribution in [2.75, 3.05) is 26.2 Å². The molecule has 0 aliphatic carbocycles. The smallest absolute Gasteiger partial charge is 0.253 e. The van der Waals surface area contributed by atoms with Crippen LogP contribution in [0.5, 0.6) is 0 Å². The average Bonchev–Trinajstić information content (AvgIpc) is 2.67. The van der Waals surface area contributed by atoms with Crippen LogP contribution in [-0.2, 0) is 15.4 Å². The Bertz CT molecular complexity index is 958. The van der Waals surface area contributed by atoms with Crippen molar-refractivity contribution in [3.63, 3.8) is 0 Å². The van der Waals surface area contributed by atoms with E-state index < -0.39 is 10.0 Å². The Kier molecular flexibility index (Phi) is 5.84. The molecule has 28 heavy (non-hydrogen) atoms. The van der Waals surface area contributed by atoms with Crippen LogP contribution >= 0.6 is 11.6 Å². The molecule has 3 rings (SSSR count). The van der Waals surface area contributed by atoms with Crippen molar-refractivity contribution < 1.29 is 13.2 Å². The van der Waals surface area contributed by atoms with Gasteiger partial charge in [0.1, 0.15) is 0 Å². The molecule has 1 heterocycles. The molecule has 2 aromatic carbocycles. The van der Waals surface area contributed by atoms with Crippen LogP contribution in [0.4, 0.5) is 0 Å². The fourth-order valence-electron chi connectivity index (χ4n) is 3.21. The molecule has 0 saturated carbocycles. The standard InChI is InChI=1S/C21H25ClN2O3S/c1-21(2,3)17-7-9-19(10-8-17)28(26,27)24-13-11-23(12-14-24)20(25)16-5-4-6-18(22)15-16/h4-10,15H,11-14H2,1-3H3. The summed E-state index contributed by atoms with van der Waals surface area (Å²) in [6.45, 7) is 7.52. The minimum absolute atomic E-state index is 0.0331. The number of hydrogen-bond acceptors (Lipinski definition) is 3. The van der Waals surface area contributed by atoms with Crippen molar-refractivity contribution in [3.05, 3.63) is 64.7 Å². The molecule has 1 aliphatic rings. The van der Waals surface area contributed by atoms with Gasteiger partial charge in [0.25, 0.3) is 5.91 Å². The summed E-state index contributed by atoms with van der Waals surface area (Å²) in [7, 11) is -3.57. The van der Waals surface area contributed by atoms with Crippen LogP contribution in [0.25, 0.3) is 0 Å². The second-order valence-electron chi connectivity index (χ2n) is 7.98. The summed E-state index contributed by atoms with van der Waals surface area (Å²) in [4.78, 5) is 14.6. The minimum Gasteiger partial charge on any atom is -0.336 e. The predicted molar refractivity (Wildman–Crippen MR) is 111 cm³/mol. The number of hydrogen-bond donors (Lipinski definition) is 0. The first-order valence-corrected chi connectivity index (χ1v) is 11.1. The lowest BCUT2D eigenvalue weighted by Crippen LogP contribution is -2.50. The number of piperazine rings is 1. The highest BCUT2D eigenvalue weighted by molar-refractivity contribution is 7.89. The summed E-state index contributed by atoms with van der Waals surface area (Å²) in [6, 6.07) is 13.9. The maximum absolute atomic E-state index is 12.9. The molecule has 1 amide bonds. The zero-order valence-electron chi connectivity index (χ0n) is 16.4. The Morgan fingerprint density at radius 3 is 2.11 bits per heavy atom. The van der Waals surface area contributed by atoms with Crippen molar-refractivity contribution in [2.45, 2.75) is 31.1 Å². The first-order chi connectivity index (χ1) is 13.1. The van der Waals surface area contributed by atoms with Crippen molar-refractivity contribution in [1.29, 1.82) is 0 Å². The first kappa shape index (κ1) is 20.8. The van der Waals surface area contributed by atoms with E-state index in [-0.39, 0.29) is 29.3 Å². The number of nitrogens with zero attached hydrogens (tertiary/aromatic N) is 2. The molecule has 0 spiro atoms. The van der Waals surface area contributed by atoms with Gasteiger partial charge in [0.05, 0.1) is 4.90 Å². The van der Waals surface area contributed by atoms with Crippen LogP contribution in [0.3, 0.4) is 0 Å². The van der Waals surface area contributed by atoms with Crippen LogP contribution in [0.15, 0.2) is 53.4 Å². The maximum Gasteiger partial charge on any atom is 0.253 e. The number of carbonyl (C=O) groups excluding carboxylic acids is 1. The van der Waals surface area contributed by atoms with Crippen molar-refractivity contribution >= 4 is 27.5 Å². The molecule has 1 aliphatic heterocycles. The molecule has 2 aromatic rings. The molecule has 5 nitrogen and oxygen atoms in total. The largest absolute Gasteiger partial charge is 0.336 e. The van der Waals surface area contributed by atoms with Gasteiger partial charge >= 0.3 is 0 Å². The molecule has 7 heteroatoms. The Morgan fingerprint density at radius 2 is 1.57 bits per heavy atom. The van der Waals surface area contributed by atoms with Gasteiger partial charge in [-0.15, -0.1) is 0 Å². The molecule has 1 saturated heterocycles. The fraction of sp³-hybridized carbons (Fsp3) is 0.381. The van der Waals surface area contributed by atoms with E-state index in [4.69, 9.17) is 11.6 Å². The molecule has 150 valence electrons. The van der Waals surface area contributed by atoms with Gasteiger partial charge in [0.2, 0.25) is 10.0 Å². The number of sulfonamides is 1. The van der Waals surface area contributed by atoms with Crippen LogP contribution in [-0.4, -0.2) is 49.7 Å². The number of benzene rings is 2. The zero-order valence-corrected chi connectivity index (χ0v) is 17.9. The third-order valence-corrected chi connectivity index (χ3v) is 7.10. The van der Waals surface area contributed by atoms with Gasteiger partial charge in [-0.2, -0.15) is 4.31 Å². The SMILES string of the molecule is CC(C)(C)c1ccc(S(=O)(=O)N2CCN(C(=O)c3cccc(Cl)c3)CC2)cc1. The average molecular weight is 421 g/mol. The predicted octanol–water partition coefficient (Wildman–Crippen LogP) is 3.78. The van der Waals surface area contributed by atoms with Crippen LogP contribution < -0.4 is 0 Å². The topological polar surface area (TPSA) is 57.7 Å². The molecule has 0 radical (unpaired) electrons. The number of rotatable bonds is 3. The van der Waals surface area contributed by atoms with E-state index in [2.05, 4.69) is 20.8 Å². The van der Waals surface area contributed by atoms with Crippen molar-refractivity contribution in [2.24, 2.45) is 0 Å². The lowest BCUT2D eigenvalue weighted by atomic mass is 9.87. The number of halogens is 1. The van der Waals surface area contributed by atoms with Crippen LogP contribution in [0.1, 0.15) is 36.7 Å². The summed E-state index contributed by atoms with van der Waals surface area (Å²) in [5, 5.41) is 0.505. The van der Waals surface area contributed by atoms with E-state index in [1.807, 2.05) is 12.1 Å². The molecular weight excluding hydrogens is 396 g/mol.